The van der Waals surface area contributed by atoms with E-state index in [1.54, 1.807) is 36.4 Å². The van der Waals surface area contributed by atoms with E-state index in [0.29, 0.717) is 11.1 Å². The Labute approximate surface area is 113 Å². The maximum Gasteiger partial charge on any atom is 0.193 e. The zero-order chi connectivity index (χ0) is 13.7. The molecule has 0 heterocycles. The Morgan fingerprint density at radius 1 is 0.947 bits per heavy atom. The summed E-state index contributed by atoms with van der Waals surface area (Å²) in [6.07, 6.45) is 1.47. The van der Waals surface area contributed by atoms with E-state index in [9.17, 15) is 13.6 Å². The molecule has 0 N–H and O–H groups in total. The van der Waals surface area contributed by atoms with E-state index in [1.165, 1.54) is 6.08 Å². The predicted molar refractivity (Wildman–Crippen MR) is 74.3 cm³/mol. The Morgan fingerprint density at radius 3 is 2.11 bits per heavy atom. The fourth-order valence-corrected chi connectivity index (χ4v) is 1.90. The molecule has 96 valence electrons. The van der Waals surface area contributed by atoms with Crippen molar-refractivity contribution in [1.82, 2.24) is 0 Å². The van der Waals surface area contributed by atoms with Crippen LogP contribution in [0.3, 0.4) is 0 Å². The van der Waals surface area contributed by atoms with Gasteiger partial charge in [-0.2, -0.15) is 0 Å². The molecule has 0 aromatic heterocycles. The number of hydrogen-bond acceptors (Lipinski definition) is 3. The molecule has 0 bridgehead atoms. The van der Waals surface area contributed by atoms with Gasteiger partial charge in [0, 0.05) is 11.1 Å². The van der Waals surface area contributed by atoms with Crippen molar-refractivity contribution in [3.05, 3.63) is 76.7 Å². The number of carbonyl (C=O) groups is 1. The van der Waals surface area contributed by atoms with Crippen molar-refractivity contribution in [3.63, 3.8) is 0 Å². The van der Waals surface area contributed by atoms with Crippen LogP contribution in [-0.4, -0.2) is 14.5 Å². The first-order valence-electron chi connectivity index (χ1n) is 5.63. The highest BCUT2D eigenvalue weighted by molar-refractivity contribution is 7.82. The third-order valence-corrected chi connectivity index (χ3v) is 2.94. The molecule has 2 rings (SSSR count). The second-order valence-electron chi connectivity index (χ2n) is 3.88. The number of carbonyl (C=O) groups excluding carboxylic acids is 1. The van der Waals surface area contributed by atoms with Gasteiger partial charge in [0.15, 0.2) is 5.78 Å². The van der Waals surface area contributed by atoms with Crippen LogP contribution in [0, 0.1) is 0 Å². The van der Waals surface area contributed by atoms with Crippen molar-refractivity contribution in [2.45, 2.75) is 0 Å². The zero-order valence-corrected chi connectivity index (χ0v) is 10.8. The highest BCUT2D eigenvalue weighted by Gasteiger charge is 2.07. The minimum atomic E-state index is -2.21. The summed E-state index contributed by atoms with van der Waals surface area (Å²) in [5.74, 6) is -0.0523. The minimum absolute atomic E-state index is 0.0523. The molecule has 4 heteroatoms. The first kappa shape index (κ1) is 13.4. The van der Waals surface area contributed by atoms with E-state index < -0.39 is 11.1 Å². The van der Waals surface area contributed by atoms with Crippen LogP contribution < -0.4 is 0 Å². The Bertz CT molecular complexity index is 616. The SMILES string of the molecule is O=C(c1ccccc1)c1ccc(/C=C/S(=O)[O-])cc1. The van der Waals surface area contributed by atoms with Crippen LogP contribution in [-0.2, 0) is 11.1 Å². The van der Waals surface area contributed by atoms with E-state index in [4.69, 9.17) is 0 Å². The maximum atomic E-state index is 12.1. The molecule has 0 saturated carbocycles. The molecule has 0 spiro atoms. The monoisotopic (exact) mass is 271 g/mol. The third-order valence-electron chi connectivity index (χ3n) is 2.58. The second kappa shape index (κ2) is 6.22. The summed E-state index contributed by atoms with van der Waals surface area (Å²) in [5.41, 5.74) is 1.94. The Morgan fingerprint density at radius 2 is 1.53 bits per heavy atom. The third kappa shape index (κ3) is 3.71. The molecule has 2 aromatic carbocycles. The van der Waals surface area contributed by atoms with E-state index in [1.807, 2.05) is 18.2 Å². The van der Waals surface area contributed by atoms with Gasteiger partial charge in [0.1, 0.15) is 0 Å². The summed E-state index contributed by atoms with van der Waals surface area (Å²) in [6, 6.07) is 15.8. The Balaban J connectivity index is 2.19. The van der Waals surface area contributed by atoms with Crippen molar-refractivity contribution in [3.8, 4) is 0 Å². The lowest BCUT2D eigenvalue weighted by Crippen LogP contribution is -2.00. The molecule has 1 atom stereocenters. The predicted octanol–water partition coefficient (Wildman–Crippen LogP) is 2.77. The van der Waals surface area contributed by atoms with Gasteiger partial charge in [-0.15, -0.1) is 0 Å². The van der Waals surface area contributed by atoms with Gasteiger partial charge < -0.3 is 4.55 Å². The Hall–Kier alpha value is -2.04. The van der Waals surface area contributed by atoms with Crippen LogP contribution in [0.15, 0.2) is 60.0 Å². The maximum absolute atomic E-state index is 12.1. The number of rotatable bonds is 4. The summed E-state index contributed by atoms with van der Waals surface area (Å²) >= 11 is -2.21. The average Bonchev–Trinajstić information content (AvgIpc) is 2.46. The quantitative estimate of drug-likeness (QED) is 0.634. The van der Waals surface area contributed by atoms with Gasteiger partial charge in [0.05, 0.1) is 0 Å². The number of benzene rings is 2. The summed E-state index contributed by atoms with van der Waals surface area (Å²) in [5, 5.41) is 1.06. The van der Waals surface area contributed by atoms with Gasteiger partial charge in [-0.25, -0.2) is 0 Å². The molecule has 3 nitrogen and oxygen atoms in total. The van der Waals surface area contributed by atoms with Gasteiger partial charge >= 0.3 is 0 Å². The first-order valence-corrected chi connectivity index (χ1v) is 6.77. The van der Waals surface area contributed by atoms with Crippen LogP contribution in [0.1, 0.15) is 21.5 Å². The van der Waals surface area contributed by atoms with E-state index in [0.717, 1.165) is 11.0 Å². The molecule has 19 heavy (non-hydrogen) atoms. The van der Waals surface area contributed by atoms with Gasteiger partial charge in [0.2, 0.25) is 0 Å². The highest BCUT2D eigenvalue weighted by Crippen LogP contribution is 2.12. The molecule has 0 amide bonds. The minimum Gasteiger partial charge on any atom is -0.769 e. The van der Waals surface area contributed by atoms with Crippen LogP contribution in [0.2, 0.25) is 0 Å². The lowest BCUT2D eigenvalue weighted by Gasteiger charge is -2.02. The van der Waals surface area contributed by atoms with Crippen LogP contribution >= 0.6 is 0 Å². The van der Waals surface area contributed by atoms with Crippen LogP contribution in [0.4, 0.5) is 0 Å². The van der Waals surface area contributed by atoms with Crippen LogP contribution in [0.25, 0.3) is 6.08 Å². The Kier molecular flexibility index (Phi) is 4.39. The smallest absolute Gasteiger partial charge is 0.193 e. The van der Waals surface area contributed by atoms with Crippen molar-refractivity contribution in [1.29, 1.82) is 0 Å². The zero-order valence-electron chi connectivity index (χ0n) is 9.98. The van der Waals surface area contributed by atoms with E-state index in [2.05, 4.69) is 0 Å². The van der Waals surface area contributed by atoms with Crippen molar-refractivity contribution >= 4 is 22.9 Å². The molecule has 0 aliphatic carbocycles. The largest absolute Gasteiger partial charge is 0.769 e. The fourth-order valence-electron chi connectivity index (χ4n) is 1.64. The van der Waals surface area contributed by atoms with Crippen molar-refractivity contribution in [2.24, 2.45) is 0 Å². The summed E-state index contributed by atoms with van der Waals surface area (Å²) in [7, 11) is 0. The summed E-state index contributed by atoms with van der Waals surface area (Å²) in [6.45, 7) is 0. The molecular formula is C15H11O3S-. The molecule has 0 aliphatic rings. The van der Waals surface area contributed by atoms with Gasteiger partial charge in [0.25, 0.3) is 0 Å². The second-order valence-corrected chi connectivity index (χ2v) is 4.67. The molecular weight excluding hydrogens is 260 g/mol. The molecule has 0 radical (unpaired) electrons. The van der Waals surface area contributed by atoms with Crippen molar-refractivity contribution in [2.75, 3.05) is 0 Å². The van der Waals surface area contributed by atoms with E-state index >= 15 is 0 Å². The van der Waals surface area contributed by atoms with Gasteiger partial charge in [-0.05, 0) is 28.1 Å². The van der Waals surface area contributed by atoms with Gasteiger partial charge in [-0.3, -0.25) is 9.00 Å². The standard InChI is InChI=1S/C15H12O3S/c16-15(13-4-2-1-3-5-13)14-8-6-12(7-9-14)10-11-19(17)18/h1-11H,(H,17,18)/p-1/b11-10+. The van der Waals surface area contributed by atoms with Crippen molar-refractivity contribution < 1.29 is 13.6 Å². The molecule has 1 unspecified atom stereocenters. The molecule has 0 aliphatic heterocycles. The topological polar surface area (TPSA) is 57.2 Å². The normalized spacial score (nSPS) is 12.5. The summed E-state index contributed by atoms with van der Waals surface area (Å²) in [4.78, 5) is 12.1. The molecule has 0 fully saturated rings. The van der Waals surface area contributed by atoms with E-state index in [-0.39, 0.29) is 5.78 Å². The average molecular weight is 271 g/mol. The molecule has 2 aromatic rings. The number of hydrogen-bond donors (Lipinski definition) is 0. The lowest BCUT2D eigenvalue weighted by atomic mass is 10.0. The number of ketones is 1. The fraction of sp³-hybridized carbons (Fsp3) is 0. The molecule has 0 saturated heterocycles. The summed E-state index contributed by atoms with van der Waals surface area (Å²) < 4.78 is 20.8. The first-order chi connectivity index (χ1) is 9.16. The highest BCUT2D eigenvalue weighted by atomic mass is 32.2. The van der Waals surface area contributed by atoms with Gasteiger partial charge in [-0.1, -0.05) is 54.6 Å². The van der Waals surface area contributed by atoms with Crippen LogP contribution in [0.5, 0.6) is 0 Å². The lowest BCUT2D eigenvalue weighted by molar-refractivity contribution is 0.103.